The van der Waals surface area contributed by atoms with Gasteiger partial charge in [-0.25, -0.2) is 4.39 Å². The molecule has 0 fully saturated rings. The quantitative estimate of drug-likeness (QED) is 0.571. The van der Waals surface area contributed by atoms with Gasteiger partial charge in [-0.1, -0.05) is 22.1 Å². The van der Waals surface area contributed by atoms with Crippen LogP contribution in [0.3, 0.4) is 0 Å². The maximum Gasteiger partial charge on any atom is 0.293 e. The summed E-state index contributed by atoms with van der Waals surface area (Å²) >= 11 is 6.23. The van der Waals surface area contributed by atoms with Crippen molar-refractivity contribution in [3.63, 3.8) is 0 Å². The molecule has 2 heterocycles. The predicted octanol–water partition coefficient (Wildman–Crippen LogP) is 4.02. The van der Waals surface area contributed by atoms with E-state index >= 15 is 0 Å². The number of ether oxygens (including phenoxy) is 2. The lowest BCUT2D eigenvalue weighted by Gasteiger charge is -2.19. The van der Waals surface area contributed by atoms with Gasteiger partial charge in [0.2, 0.25) is 0 Å². The zero-order chi connectivity index (χ0) is 21.3. The van der Waals surface area contributed by atoms with Crippen LogP contribution in [0, 0.1) is 5.82 Å². The lowest BCUT2D eigenvalue weighted by molar-refractivity contribution is -0.0438. The van der Waals surface area contributed by atoms with Gasteiger partial charge in [-0.2, -0.15) is 5.10 Å². The van der Waals surface area contributed by atoms with E-state index in [0.717, 1.165) is 6.34 Å². The van der Waals surface area contributed by atoms with E-state index in [1.54, 1.807) is 31.2 Å². The van der Waals surface area contributed by atoms with Gasteiger partial charge in [0, 0.05) is 23.2 Å². The third-order valence-electron chi connectivity index (χ3n) is 4.57. The summed E-state index contributed by atoms with van der Waals surface area (Å²) in [6.45, 7) is 1.81. The molecule has 156 valence electrons. The fourth-order valence-electron chi connectivity index (χ4n) is 3.14. The maximum absolute atomic E-state index is 13.7. The molecule has 1 unspecified atom stereocenters. The van der Waals surface area contributed by atoms with Crippen molar-refractivity contribution in [3.05, 3.63) is 64.6 Å². The predicted molar refractivity (Wildman–Crippen MR) is 109 cm³/mol. The summed E-state index contributed by atoms with van der Waals surface area (Å²) in [6, 6.07) is 9.04. The highest BCUT2D eigenvalue weighted by Gasteiger charge is 2.23. The van der Waals surface area contributed by atoms with E-state index in [0.29, 0.717) is 38.7 Å². The van der Waals surface area contributed by atoms with Gasteiger partial charge in [-0.3, -0.25) is 10.4 Å². The minimum atomic E-state index is -1.08. The zero-order valence-corrected chi connectivity index (χ0v) is 16.6. The molecule has 7 nitrogen and oxygen atoms in total. The summed E-state index contributed by atoms with van der Waals surface area (Å²) < 4.78 is 39.0. The second kappa shape index (κ2) is 8.29. The lowest BCUT2D eigenvalue weighted by Crippen LogP contribution is -2.36. The van der Waals surface area contributed by atoms with Crippen LogP contribution in [0.4, 0.5) is 8.87 Å². The first-order valence-electron chi connectivity index (χ1n) is 9.07. The van der Waals surface area contributed by atoms with Crippen LogP contribution in [0.15, 0.2) is 47.7 Å². The first kappa shape index (κ1) is 20.1. The molecule has 1 aromatic heterocycles. The highest BCUT2D eigenvalue weighted by Crippen LogP contribution is 2.33. The van der Waals surface area contributed by atoms with Crippen LogP contribution >= 0.6 is 11.6 Å². The normalized spacial score (nSPS) is 16.6. The zero-order valence-electron chi connectivity index (χ0n) is 15.8. The van der Waals surface area contributed by atoms with Crippen molar-refractivity contribution in [1.82, 2.24) is 15.5 Å². The highest BCUT2D eigenvalue weighted by molar-refractivity contribution is 6.31. The Bertz CT molecular complexity index is 1110. The number of hydrogen-bond donors (Lipinski definition) is 2. The van der Waals surface area contributed by atoms with Gasteiger partial charge in [0.1, 0.15) is 35.8 Å². The summed E-state index contributed by atoms with van der Waals surface area (Å²) in [5.41, 5.74) is 10.1. The number of nitrogens with zero attached hydrogens (tertiary/aromatic N) is 3. The molecule has 0 saturated heterocycles. The Labute approximate surface area is 176 Å². The SMILES string of the molecule is C[C@H](N)c1cc(F)cc(Cl)c1COc1cccc2c(OC3NN=CN3F)ccnc12. The molecule has 0 spiro atoms. The van der Waals surface area contributed by atoms with Crippen LogP contribution in [0.2, 0.25) is 5.02 Å². The Kier molecular flexibility index (Phi) is 5.56. The van der Waals surface area contributed by atoms with Gasteiger partial charge in [0.05, 0.1) is 5.02 Å². The van der Waals surface area contributed by atoms with Crippen LogP contribution in [0.1, 0.15) is 24.1 Å². The molecule has 0 amide bonds. The number of para-hydroxylation sites is 1. The first-order valence-corrected chi connectivity index (χ1v) is 9.45. The standard InChI is InChI=1S/C20H18ClF2N5O2/c1-11(24)14-7-12(22)8-16(21)15(14)9-29-18-4-2-3-13-17(5-6-25-19(13)18)30-20-27-26-10-28(20)23/h2-8,10-11,20,27H,9,24H2,1H3/t11-,20?/m0/s1. The van der Waals surface area contributed by atoms with E-state index in [4.69, 9.17) is 26.8 Å². The van der Waals surface area contributed by atoms with Crippen molar-refractivity contribution in [3.8, 4) is 11.5 Å². The number of nitrogens with one attached hydrogen (secondary N) is 1. The van der Waals surface area contributed by atoms with Crippen molar-refractivity contribution in [2.75, 3.05) is 0 Å². The van der Waals surface area contributed by atoms with Crippen molar-refractivity contribution >= 4 is 28.8 Å². The Morgan fingerprint density at radius 1 is 1.30 bits per heavy atom. The maximum atomic E-state index is 13.7. The molecule has 30 heavy (non-hydrogen) atoms. The van der Waals surface area contributed by atoms with Gasteiger partial charge >= 0.3 is 0 Å². The second-order valence-electron chi connectivity index (χ2n) is 6.68. The number of hydrazone groups is 1. The van der Waals surface area contributed by atoms with E-state index in [1.165, 1.54) is 18.3 Å². The van der Waals surface area contributed by atoms with Crippen LogP contribution in [-0.4, -0.2) is 22.8 Å². The van der Waals surface area contributed by atoms with E-state index < -0.39 is 18.2 Å². The average Bonchev–Trinajstić information content (AvgIpc) is 3.11. The number of benzene rings is 2. The van der Waals surface area contributed by atoms with Gasteiger partial charge in [0.25, 0.3) is 6.35 Å². The molecule has 4 rings (SSSR count). The van der Waals surface area contributed by atoms with Crippen molar-refractivity contribution in [1.29, 1.82) is 0 Å². The number of halogens is 3. The van der Waals surface area contributed by atoms with Crippen molar-refractivity contribution in [2.24, 2.45) is 10.8 Å². The number of fused-ring (bicyclic) bond motifs is 1. The minimum absolute atomic E-state index is 0.0676. The third-order valence-corrected chi connectivity index (χ3v) is 4.90. The Balaban J connectivity index is 1.63. The van der Waals surface area contributed by atoms with Gasteiger partial charge in [-0.15, -0.1) is 5.12 Å². The fourth-order valence-corrected chi connectivity index (χ4v) is 3.41. The topological polar surface area (TPSA) is 85.0 Å². The van der Waals surface area contributed by atoms with Crippen molar-refractivity contribution in [2.45, 2.75) is 25.9 Å². The number of pyridine rings is 1. The number of rotatable bonds is 6. The highest BCUT2D eigenvalue weighted by atomic mass is 35.5. The monoisotopic (exact) mass is 433 g/mol. The summed E-state index contributed by atoms with van der Waals surface area (Å²) in [5.74, 6) is 0.393. The fraction of sp³-hybridized carbons (Fsp3) is 0.200. The molecule has 0 bridgehead atoms. The first-order chi connectivity index (χ1) is 14.4. The molecular weight excluding hydrogens is 416 g/mol. The molecule has 2 atom stereocenters. The molecule has 2 aromatic carbocycles. The summed E-state index contributed by atoms with van der Waals surface area (Å²) in [4.78, 5) is 4.36. The van der Waals surface area contributed by atoms with Crippen LogP contribution in [0.5, 0.6) is 11.5 Å². The summed E-state index contributed by atoms with van der Waals surface area (Å²) in [5, 5.41) is 4.76. The number of nitrogens with two attached hydrogens (primary N) is 1. The van der Waals surface area contributed by atoms with Gasteiger partial charge in [-0.05, 0) is 42.8 Å². The minimum Gasteiger partial charge on any atom is -0.487 e. The van der Waals surface area contributed by atoms with Gasteiger partial charge < -0.3 is 15.2 Å². The molecule has 1 aliphatic rings. The van der Waals surface area contributed by atoms with E-state index in [-0.39, 0.29) is 11.6 Å². The van der Waals surface area contributed by atoms with E-state index in [2.05, 4.69) is 15.5 Å². The Morgan fingerprint density at radius 3 is 2.87 bits per heavy atom. The van der Waals surface area contributed by atoms with E-state index in [9.17, 15) is 8.87 Å². The summed E-state index contributed by atoms with van der Waals surface area (Å²) in [7, 11) is 0. The van der Waals surface area contributed by atoms with Crippen molar-refractivity contribution < 1.29 is 18.3 Å². The molecule has 1 aliphatic heterocycles. The Morgan fingerprint density at radius 2 is 2.13 bits per heavy atom. The summed E-state index contributed by atoms with van der Waals surface area (Å²) in [6.07, 6.45) is 1.43. The lowest BCUT2D eigenvalue weighted by atomic mass is 10.0. The van der Waals surface area contributed by atoms with E-state index in [1.807, 2.05) is 0 Å². The molecule has 0 radical (unpaired) electrons. The molecule has 0 aliphatic carbocycles. The second-order valence-corrected chi connectivity index (χ2v) is 7.09. The average molecular weight is 434 g/mol. The third kappa shape index (κ3) is 3.94. The molecule has 3 aromatic rings. The van der Waals surface area contributed by atoms with Crippen LogP contribution in [0.25, 0.3) is 10.9 Å². The Hall–Kier alpha value is -3.17. The molecule has 0 saturated carbocycles. The van der Waals surface area contributed by atoms with Gasteiger partial charge in [0.15, 0.2) is 0 Å². The largest absolute Gasteiger partial charge is 0.487 e. The number of hydrogen-bond acceptors (Lipinski definition) is 7. The van der Waals surface area contributed by atoms with Crippen LogP contribution in [-0.2, 0) is 6.61 Å². The molecule has 3 N–H and O–H groups in total. The molecule has 10 heteroatoms. The smallest absolute Gasteiger partial charge is 0.293 e. The molecular formula is C20H18ClF2N5O2. The van der Waals surface area contributed by atoms with Crippen LogP contribution < -0.4 is 20.6 Å². The number of aromatic nitrogens is 1.